The van der Waals surface area contributed by atoms with E-state index >= 15 is 0 Å². The van der Waals surface area contributed by atoms with E-state index in [1.54, 1.807) is 38.4 Å². The zero-order valence-electron chi connectivity index (χ0n) is 11.0. The molecule has 0 saturated carbocycles. The van der Waals surface area contributed by atoms with Gasteiger partial charge >= 0.3 is 0 Å². The summed E-state index contributed by atoms with van der Waals surface area (Å²) in [7, 11) is 1.72. The lowest BCUT2D eigenvalue weighted by Gasteiger charge is -2.08. The molecule has 0 aromatic heterocycles. The minimum Gasteiger partial charge on any atom is -0.393 e. The van der Waals surface area contributed by atoms with E-state index < -0.39 is 0 Å². The van der Waals surface area contributed by atoms with Crippen LogP contribution in [0.25, 0.3) is 5.57 Å². The highest BCUT2D eigenvalue weighted by Crippen LogP contribution is 2.22. The van der Waals surface area contributed by atoms with Gasteiger partial charge in [0.2, 0.25) is 5.91 Å². The first-order chi connectivity index (χ1) is 9.12. The van der Waals surface area contributed by atoms with E-state index in [0.29, 0.717) is 16.8 Å². The smallest absolute Gasteiger partial charge is 0.248 e. The van der Waals surface area contributed by atoms with E-state index in [-0.39, 0.29) is 11.7 Å². The summed E-state index contributed by atoms with van der Waals surface area (Å²) >= 11 is 0. The van der Waals surface area contributed by atoms with Crippen LogP contribution in [-0.4, -0.2) is 13.0 Å². The van der Waals surface area contributed by atoms with Crippen LogP contribution < -0.4 is 10.6 Å². The van der Waals surface area contributed by atoms with Crippen molar-refractivity contribution in [2.24, 2.45) is 0 Å². The largest absolute Gasteiger partial charge is 0.393 e. The van der Waals surface area contributed by atoms with Gasteiger partial charge < -0.3 is 10.6 Å². The van der Waals surface area contributed by atoms with Gasteiger partial charge in [-0.1, -0.05) is 18.7 Å². The minimum atomic E-state index is -0.370. The van der Waals surface area contributed by atoms with Crippen molar-refractivity contribution in [1.29, 1.82) is 0 Å². The topological polar surface area (TPSA) is 41.1 Å². The van der Waals surface area contributed by atoms with Crippen LogP contribution in [0.3, 0.4) is 0 Å². The number of nitrogens with one attached hydrogen (secondary N) is 2. The number of benzene rings is 1. The van der Waals surface area contributed by atoms with Crippen molar-refractivity contribution >= 4 is 17.2 Å². The average molecular weight is 260 g/mol. The molecule has 0 bridgehead atoms. The Balaban J connectivity index is 3.10. The lowest BCUT2D eigenvalue weighted by Crippen LogP contribution is -2.08. The number of amides is 1. The minimum absolute atomic E-state index is 0.252. The maximum absolute atomic E-state index is 13.8. The molecule has 1 aromatic rings. The highest BCUT2D eigenvalue weighted by Gasteiger charge is 2.07. The summed E-state index contributed by atoms with van der Waals surface area (Å²) < 4.78 is 13.8. The second-order valence-electron chi connectivity index (χ2n) is 3.78. The third-order valence-corrected chi connectivity index (χ3v) is 2.38. The molecule has 0 heterocycles. The van der Waals surface area contributed by atoms with Crippen LogP contribution in [0.1, 0.15) is 12.5 Å². The maximum atomic E-state index is 13.8. The van der Waals surface area contributed by atoms with Gasteiger partial charge in [0.15, 0.2) is 0 Å². The molecule has 0 spiro atoms. The molecule has 3 nitrogen and oxygen atoms in total. The molecular weight excluding hydrogens is 243 g/mol. The van der Waals surface area contributed by atoms with Gasteiger partial charge in [0, 0.05) is 24.5 Å². The van der Waals surface area contributed by atoms with Gasteiger partial charge in [0.1, 0.15) is 5.82 Å². The Morgan fingerprint density at radius 2 is 2.16 bits per heavy atom. The molecule has 0 saturated heterocycles. The Kier molecular flexibility index (Phi) is 5.54. The molecule has 19 heavy (non-hydrogen) atoms. The molecule has 2 N–H and O–H groups in total. The summed E-state index contributed by atoms with van der Waals surface area (Å²) in [6.07, 6.45) is 6.23. The van der Waals surface area contributed by atoms with Gasteiger partial charge in [-0.3, -0.25) is 4.79 Å². The Morgan fingerprint density at radius 3 is 2.74 bits per heavy atom. The van der Waals surface area contributed by atoms with Crippen molar-refractivity contribution in [1.82, 2.24) is 5.32 Å². The van der Waals surface area contributed by atoms with Gasteiger partial charge in [-0.25, -0.2) is 4.39 Å². The molecule has 0 fully saturated rings. The normalized spacial score (nSPS) is 11.4. The van der Waals surface area contributed by atoms with E-state index in [9.17, 15) is 9.18 Å². The number of halogens is 1. The van der Waals surface area contributed by atoms with E-state index in [2.05, 4.69) is 17.2 Å². The zero-order chi connectivity index (χ0) is 14.3. The molecule has 0 aliphatic carbocycles. The lowest BCUT2D eigenvalue weighted by atomic mass is 10.1. The molecule has 0 unspecified atom stereocenters. The van der Waals surface area contributed by atoms with Crippen LogP contribution in [0.4, 0.5) is 10.1 Å². The van der Waals surface area contributed by atoms with E-state index in [0.717, 1.165) is 0 Å². The number of anilines is 1. The monoisotopic (exact) mass is 260 g/mol. The first-order valence-electron chi connectivity index (χ1n) is 5.85. The first kappa shape index (κ1) is 14.7. The van der Waals surface area contributed by atoms with E-state index in [1.165, 1.54) is 18.2 Å². The van der Waals surface area contributed by atoms with Crippen molar-refractivity contribution in [3.8, 4) is 0 Å². The number of allylic oxidation sites excluding steroid dienone is 3. The molecule has 1 aromatic carbocycles. The number of carbonyl (C=O) groups is 1. The van der Waals surface area contributed by atoms with Crippen LogP contribution in [0, 0.1) is 5.82 Å². The zero-order valence-corrected chi connectivity index (χ0v) is 11.0. The highest BCUT2D eigenvalue weighted by atomic mass is 19.1. The maximum Gasteiger partial charge on any atom is 0.248 e. The van der Waals surface area contributed by atoms with Gasteiger partial charge in [0.05, 0.1) is 0 Å². The molecule has 4 heteroatoms. The van der Waals surface area contributed by atoms with Crippen molar-refractivity contribution in [3.63, 3.8) is 0 Å². The van der Waals surface area contributed by atoms with Gasteiger partial charge in [0.25, 0.3) is 0 Å². The van der Waals surface area contributed by atoms with Crippen molar-refractivity contribution in [2.75, 3.05) is 12.4 Å². The summed E-state index contributed by atoms with van der Waals surface area (Å²) in [5.74, 6) is -0.622. The third kappa shape index (κ3) is 4.10. The molecule has 1 amide bonds. The second kappa shape index (κ2) is 7.16. The highest BCUT2D eigenvalue weighted by molar-refractivity contribution is 5.99. The molecule has 100 valence electrons. The van der Waals surface area contributed by atoms with Crippen LogP contribution >= 0.6 is 0 Å². The van der Waals surface area contributed by atoms with Gasteiger partial charge in [-0.2, -0.15) is 0 Å². The van der Waals surface area contributed by atoms with Gasteiger partial charge in [-0.15, -0.1) is 0 Å². The molecular formula is C15H17FN2O. The van der Waals surface area contributed by atoms with Crippen LogP contribution in [-0.2, 0) is 4.79 Å². The fraction of sp³-hybridized carbons (Fsp3) is 0.133. The van der Waals surface area contributed by atoms with E-state index in [1.807, 2.05) is 0 Å². The summed E-state index contributed by atoms with van der Waals surface area (Å²) in [6, 6.07) is 4.40. The standard InChI is InChI=1S/C15H17FN2O/c1-4-6-15(19)18-12-7-8-14(16)13(9-12)11(5-2)10-17-3/h4-10,17H,2H2,1,3H3,(H,18,19)/b6-4+,11-10+. The summed E-state index contributed by atoms with van der Waals surface area (Å²) in [5.41, 5.74) is 1.52. The first-order valence-corrected chi connectivity index (χ1v) is 5.85. The fourth-order valence-corrected chi connectivity index (χ4v) is 1.56. The predicted octanol–water partition coefficient (Wildman–Crippen LogP) is 3.09. The fourth-order valence-electron chi connectivity index (χ4n) is 1.56. The Bertz CT molecular complexity index is 533. The average Bonchev–Trinajstić information content (AvgIpc) is 2.39. The Labute approximate surface area is 112 Å². The SMILES string of the molecule is C=C/C(=C\NC)c1cc(NC(=O)/C=C/C)ccc1F. The Morgan fingerprint density at radius 1 is 1.42 bits per heavy atom. The van der Waals surface area contributed by atoms with Crippen molar-refractivity contribution < 1.29 is 9.18 Å². The van der Waals surface area contributed by atoms with Crippen molar-refractivity contribution in [2.45, 2.75) is 6.92 Å². The van der Waals surface area contributed by atoms with Crippen LogP contribution in [0.2, 0.25) is 0 Å². The number of carbonyl (C=O) groups excluding carboxylic acids is 1. The molecule has 0 aliphatic heterocycles. The molecule has 0 radical (unpaired) electrons. The van der Waals surface area contributed by atoms with Crippen LogP contribution in [0.5, 0.6) is 0 Å². The number of hydrogen-bond acceptors (Lipinski definition) is 2. The summed E-state index contributed by atoms with van der Waals surface area (Å²) in [4.78, 5) is 11.4. The van der Waals surface area contributed by atoms with Gasteiger partial charge in [-0.05, 0) is 36.8 Å². The number of rotatable bonds is 5. The quantitative estimate of drug-likeness (QED) is 0.631. The lowest BCUT2D eigenvalue weighted by molar-refractivity contribution is -0.111. The summed E-state index contributed by atoms with van der Waals surface area (Å²) in [5, 5.41) is 5.48. The van der Waals surface area contributed by atoms with Crippen LogP contribution in [0.15, 0.2) is 49.2 Å². The molecule has 1 rings (SSSR count). The molecule has 0 aliphatic rings. The number of hydrogen-bond donors (Lipinski definition) is 2. The summed E-state index contributed by atoms with van der Waals surface area (Å²) in [6.45, 7) is 5.39. The predicted molar refractivity (Wildman–Crippen MR) is 77.1 cm³/mol. The third-order valence-electron chi connectivity index (χ3n) is 2.38. The molecule has 0 atom stereocenters. The van der Waals surface area contributed by atoms with E-state index in [4.69, 9.17) is 0 Å². The van der Waals surface area contributed by atoms with Crippen molar-refractivity contribution in [3.05, 3.63) is 60.6 Å². The second-order valence-corrected chi connectivity index (χ2v) is 3.78. The Hall–Kier alpha value is -2.36.